The molecule has 1 saturated heterocycles. The zero-order valence-electron chi connectivity index (χ0n) is 11.5. The minimum Gasteiger partial charge on any atom is -0.465 e. The highest BCUT2D eigenvalue weighted by molar-refractivity contribution is 5.66. The number of rotatable bonds is 2. The molecule has 2 rings (SSSR count). The van der Waals surface area contributed by atoms with Gasteiger partial charge in [-0.1, -0.05) is 20.8 Å². The van der Waals surface area contributed by atoms with Gasteiger partial charge in [0.1, 0.15) is 5.82 Å². The largest absolute Gasteiger partial charge is 0.465 e. The van der Waals surface area contributed by atoms with Gasteiger partial charge >= 0.3 is 6.09 Å². The fourth-order valence-corrected chi connectivity index (χ4v) is 2.80. The van der Waals surface area contributed by atoms with Gasteiger partial charge in [-0.2, -0.15) is 5.10 Å². The molecule has 19 heavy (non-hydrogen) atoms. The smallest absolute Gasteiger partial charge is 0.407 e. The predicted molar refractivity (Wildman–Crippen MR) is 72.0 cm³/mol. The van der Waals surface area contributed by atoms with Gasteiger partial charge in [0.05, 0.1) is 12.1 Å². The van der Waals surface area contributed by atoms with Gasteiger partial charge in [0.15, 0.2) is 0 Å². The monoisotopic (exact) mass is 264 g/mol. The SMILES string of the molecule is CC(C)(C)C1[C@H](Nc2cccnn2)CCN1C(=O)O. The number of carbonyl (C=O) groups is 1. The molecule has 2 heterocycles. The number of hydrogen-bond acceptors (Lipinski definition) is 4. The van der Waals surface area contributed by atoms with E-state index in [0.29, 0.717) is 12.4 Å². The molecule has 0 radical (unpaired) electrons. The fraction of sp³-hybridized carbons (Fsp3) is 0.615. The summed E-state index contributed by atoms with van der Waals surface area (Å²) >= 11 is 0. The maximum absolute atomic E-state index is 11.3. The van der Waals surface area contributed by atoms with Gasteiger partial charge in [-0.15, -0.1) is 5.10 Å². The van der Waals surface area contributed by atoms with Crippen LogP contribution in [-0.4, -0.2) is 44.9 Å². The van der Waals surface area contributed by atoms with Crippen molar-refractivity contribution in [3.05, 3.63) is 18.3 Å². The van der Waals surface area contributed by atoms with Crippen LogP contribution in [0.5, 0.6) is 0 Å². The molecule has 0 bridgehead atoms. The second-order valence-corrected chi connectivity index (χ2v) is 5.94. The normalized spacial score (nSPS) is 23.4. The average Bonchev–Trinajstić information content (AvgIpc) is 2.74. The maximum atomic E-state index is 11.3. The van der Waals surface area contributed by atoms with Gasteiger partial charge in [0.25, 0.3) is 0 Å². The van der Waals surface area contributed by atoms with Crippen LogP contribution in [-0.2, 0) is 0 Å². The number of amides is 1. The van der Waals surface area contributed by atoms with Crippen LogP contribution >= 0.6 is 0 Å². The standard InChI is InChI=1S/C13H20N4O2/c1-13(2,3)11-9(6-8-17(11)12(18)19)15-10-5-4-7-14-16-10/h4-5,7,9,11H,6,8H2,1-3H3,(H,15,16)(H,18,19)/t9-,11?/m1/s1. The molecule has 0 saturated carbocycles. The third-order valence-corrected chi connectivity index (χ3v) is 3.44. The van der Waals surface area contributed by atoms with E-state index in [-0.39, 0.29) is 17.5 Å². The van der Waals surface area contributed by atoms with Crippen LogP contribution in [0.1, 0.15) is 27.2 Å². The Morgan fingerprint density at radius 2 is 2.26 bits per heavy atom. The van der Waals surface area contributed by atoms with Crippen molar-refractivity contribution in [3.8, 4) is 0 Å². The lowest BCUT2D eigenvalue weighted by Gasteiger charge is -2.37. The molecule has 0 aromatic carbocycles. The average molecular weight is 264 g/mol. The summed E-state index contributed by atoms with van der Waals surface area (Å²) < 4.78 is 0. The van der Waals surface area contributed by atoms with Crippen molar-refractivity contribution < 1.29 is 9.90 Å². The summed E-state index contributed by atoms with van der Waals surface area (Å²) in [7, 11) is 0. The van der Waals surface area contributed by atoms with Crippen LogP contribution in [0.3, 0.4) is 0 Å². The number of aromatic nitrogens is 2. The molecule has 1 aromatic rings. The zero-order valence-corrected chi connectivity index (χ0v) is 11.5. The van der Waals surface area contributed by atoms with Gasteiger partial charge in [0, 0.05) is 12.7 Å². The van der Waals surface area contributed by atoms with E-state index < -0.39 is 6.09 Å². The first-order chi connectivity index (χ1) is 8.89. The van der Waals surface area contributed by atoms with Crippen molar-refractivity contribution in [2.75, 3.05) is 11.9 Å². The van der Waals surface area contributed by atoms with Crippen LogP contribution in [0.15, 0.2) is 18.3 Å². The Balaban J connectivity index is 2.18. The topological polar surface area (TPSA) is 78.4 Å². The van der Waals surface area contributed by atoms with Crippen LogP contribution in [0.2, 0.25) is 0 Å². The Morgan fingerprint density at radius 1 is 1.53 bits per heavy atom. The number of nitrogens with one attached hydrogen (secondary N) is 1. The molecule has 2 N–H and O–H groups in total. The number of carboxylic acid groups (broad SMARTS) is 1. The molecule has 1 fully saturated rings. The van der Waals surface area contributed by atoms with Crippen molar-refractivity contribution in [2.24, 2.45) is 5.41 Å². The third kappa shape index (κ3) is 2.94. The van der Waals surface area contributed by atoms with E-state index in [2.05, 4.69) is 36.3 Å². The van der Waals surface area contributed by atoms with Crippen molar-refractivity contribution >= 4 is 11.9 Å². The minimum absolute atomic E-state index is 0.0628. The Kier molecular flexibility index (Phi) is 3.59. The van der Waals surface area contributed by atoms with Crippen LogP contribution < -0.4 is 5.32 Å². The number of nitrogens with zero attached hydrogens (tertiary/aromatic N) is 3. The lowest BCUT2D eigenvalue weighted by atomic mass is 9.82. The van der Waals surface area contributed by atoms with Crippen molar-refractivity contribution in [1.82, 2.24) is 15.1 Å². The lowest BCUT2D eigenvalue weighted by Crippen LogP contribution is -2.49. The highest BCUT2D eigenvalue weighted by atomic mass is 16.4. The lowest BCUT2D eigenvalue weighted by molar-refractivity contribution is 0.103. The Labute approximate surface area is 112 Å². The zero-order chi connectivity index (χ0) is 14.0. The summed E-state index contributed by atoms with van der Waals surface area (Å²) in [6.45, 7) is 6.73. The summed E-state index contributed by atoms with van der Waals surface area (Å²) in [5.74, 6) is 0.689. The first-order valence-electron chi connectivity index (χ1n) is 6.43. The molecule has 1 unspecified atom stereocenters. The highest BCUT2D eigenvalue weighted by Gasteiger charge is 2.44. The van der Waals surface area contributed by atoms with E-state index in [4.69, 9.17) is 0 Å². The van der Waals surface area contributed by atoms with Gasteiger partial charge in [-0.25, -0.2) is 4.79 Å². The van der Waals surface area contributed by atoms with E-state index in [0.717, 1.165) is 6.42 Å². The summed E-state index contributed by atoms with van der Waals surface area (Å²) in [5.41, 5.74) is -0.130. The Hall–Kier alpha value is -1.85. The molecule has 1 amide bonds. The Bertz CT molecular complexity index is 444. The van der Waals surface area contributed by atoms with Crippen molar-refractivity contribution in [3.63, 3.8) is 0 Å². The highest BCUT2D eigenvalue weighted by Crippen LogP contribution is 2.34. The van der Waals surface area contributed by atoms with E-state index in [1.165, 1.54) is 4.90 Å². The first kappa shape index (κ1) is 13.6. The number of likely N-dealkylation sites (tertiary alicyclic amines) is 1. The molecule has 104 valence electrons. The van der Waals surface area contributed by atoms with Crippen LogP contribution in [0.4, 0.5) is 10.6 Å². The molecule has 1 aliphatic heterocycles. The van der Waals surface area contributed by atoms with Crippen LogP contribution in [0.25, 0.3) is 0 Å². The summed E-state index contributed by atoms with van der Waals surface area (Å²) in [6, 6.07) is 3.64. The van der Waals surface area contributed by atoms with E-state index in [1.807, 2.05) is 12.1 Å². The second kappa shape index (κ2) is 5.03. The quantitative estimate of drug-likeness (QED) is 0.854. The van der Waals surface area contributed by atoms with Gasteiger partial charge in [0.2, 0.25) is 0 Å². The molecular weight excluding hydrogens is 244 g/mol. The fourth-order valence-electron chi connectivity index (χ4n) is 2.80. The number of anilines is 1. The molecule has 6 heteroatoms. The molecule has 0 spiro atoms. The van der Waals surface area contributed by atoms with Crippen molar-refractivity contribution in [2.45, 2.75) is 39.3 Å². The van der Waals surface area contributed by atoms with Crippen LogP contribution in [0, 0.1) is 5.41 Å². The minimum atomic E-state index is -0.858. The molecule has 0 aliphatic carbocycles. The molecule has 1 aromatic heterocycles. The van der Waals surface area contributed by atoms with Crippen molar-refractivity contribution in [1.29, 1.82) is 0 Å². The van der Waals surface area contributed by atoms with E-state index in [9.17, 15) is 9.90 Å². The summed E-state index contributed by atoms with van der Waals surface area (Å²) in [4.78, 5) is 12.8. The molecule has 2 atom stereocenters. The molecular formula is C13H20N4O2. The molecule has 6 nitrogen and oxygen atoms in total. The maximum Gasteiger partial charge on any atom is 0.407 e. The first-order valence-corrected chi connectivity index (χ1v) is 6.43. The van der Waals surface area contributed by atoms with Gasteiger partial charge in [-0.3, -0.25) is 0 Å². The molecule has 1 aliphatic rings. The summed E-state index contributed by atoms with van der Waals surface area (Å²) in [6.07, 6.45) is 1.54. The van der Waals surface area contributed by atoms with Gasteiger partial charge in [-0.05, 0) is 24.0 Å². The number of hydrogen-bond donors (Lipinski definition) is 2. The second-order valence-electron chi connectivity index (χ2n) is 5.94. The predicted octanol–water partition coefficient (Wildman–Crippen LogP) is 2.06. The van der Waals surface area contributed by atoms with E-state index >= 15 is 0 Å². The summed E-state index contributed by atoms with van der Waals surface area (Å²) in [5, 5.41) is 20.4. The van der Waals surface area contributed by atoms with E-state index in [1.54, 1.807) is 6.20 Å². The van der Waals surface area contributed by atoms with Gasteiger partial charge < -0.3 is 15.3 Å². The Morgan fingerprint density at radius 3 is 2.79 bits per heavy atom. The third-order valence-electron chi connectivity index (χ3n) is 3.44.